The summed E-state index contributed by atoms with van der Waals surface area (Å²) in [5.41, 5.74) is 4.11. The molecular weight excluding hydrogens is 382 g/mol. The molecule has 30 heavy (non-hydrogen) atoms. The Hall–Kier alpha value is -3.28. The molecule has 0 radical (unpaired) electrons. The van der Waals surface area contributed by atoms with Crippen molar-refractivity contribution in [1.29, 1.82) is 0 Å². The third-order valence-corrected chi connectivity index (χ3v) is 5.15. The number of rotatable bonds is 9. The van der Waals surface area contributed by atoms with Crippen molar-refractivity contribution in [3.63, 3.8) is 0 Å². The number of fused-ring (bicyclic) bond motifs is 1. The lowest BCUT2D eigenvalue weighted by Crippen LogP contribution is -2.15. The fraction of sp³-hybridized carbons (Fsp3) is 0.333. The van der Waals surface area contributed by atoms with Gasteiger partial charge in [-0.15, -0.1) is 0 Å². The molecule has 0 fully saturated rings. The number of esters is 1. The number of hydrogen-bond donors (Lipinski definition) is 1. The van der Waals surface area contributed by atoms with Gasteiger partial charge in [0.2, 0.25) is 5.91 Å². The van der Waals surface area contributed by atoms with E-state index in [-0.39, 0.29) is 36.9 Å². The fourth-order valence-corrected chi connectivity index (χ4v) is 3.40. The van der Waals surface area contributed by atoms with E-state index in [1.807, 2.05) is 18.2 Å². The Morgan fingerprint density at radius 1 is 0.867 bits per heavy atom. The lowest BCUT2D eigenvalue weighted by molar-refractivity contribution is -0.142. The monoisotopic (exact) mass is 407 g/mol. The molecule has 0 saturated heterocycles. The summed E-state index contributed by atoms with van der Waals surface area (Å²) in [5, 5.41) is 2.69. The number of anilines is 1. The zero-order valence-corrected chi connectivity index (χ0v) is 17.0. The lowest BCUT2D eigenvalue weighted by atomic mass is 10.0. The molecule has 0 spiro atoms. The molecule has 6 nitrogen and oxygen atoms in total. The second kappa shape index (κ2) is 9.96. The van der Waals surface area contributed by atoms with Crippen LogP contribution in [0, 0.1) is 0 Å². The van der Waals surface area contributed by atoms with Crippen LogP contribution in [0.2, 0.25) is 0 Å². The summed E-state index contributed by atoms with van der Waals surface area (Å²) < 4.78 is 5.02. The summed E-state index contributed by atoms with van der Waals surface area (Å²) in [7, 11) is 0. The lowest BCUT2D eigenvalue weighted by Gasteiger charge is -2.07. The van der Waals surface area contributed by atoms with Crippen LogP contribution in [-0.2, 0) is 27.2 Å². The van der Waals surface area contributed by atoms with E-state index < -0.39 is 5.97 Å². The standard InChI is InChI=1S/C24H25NO5/c1-2-23(28)25-20-10-8-17(9-11-20)22(27)15-30-24(29)13-12-21(26)19-7-6-16-4-3-5-18(16)14-19/h6-11,14H,2-5,12-13,15H2,1H3,(H,25,28). The molecule has 0 unspecified atom stereocenters. The molecule has 1 N–H and O–H groups in total. The van der Waals surface area contributed by atoms with Crippen LogP contribution < -0.4 is 5.32 Å². The van der Waals surface area contributed by atoms with Crippen molar-refractivity contribution >= 4 is 29.1 Å². The van der Waals surface area contributed by atoms with Crippen molar-refractivity contribution in [3.8, 4) is 0 Å². The quantitative estimate of drug-likeness (QED) is 0.503. The number of Topliss-reactive ketones (excluding diaryl/α,β-unsaturated/α-hetero) is 2. The molecule has 6 heteroatoms. The Bertz CT molecular complexity index is 962. The van der Waals surface area contributed by atoms with Crippen LogP contribution in [-0.4, -0.2) is 30.0 Å². The fourth-order valence-electron chi connectivity index (χ4n) is 3.40. The molecule has 0 aliphatic heterocycles. The zero-order valence-electron chi connectivity index (χ0n) is 17.0. The first kappa shape index (κ1) is 21.4. The average Bonchev–Trinajstić information content (AvgIpc) is 3.24. The smallest absolute Gasteiger partial charge is 0.306 e. The molecular formula is C24H25NO5. The number of amides is 1. The van der Waals surface area contributed by atoms with E-state index in [0.717, 1.165) is 19.3 Å². The van der Waals surface area contributed by atoms with E-state index in [2.05, 4.69) is 5.32 Å². The van der Waals surface area contributed by atoms with Gasteiger partial charge >= 0.3 is 5.97 Å². The highest BCUT2D eigenvalue weighted by Gasteiger charge is 2.16. The summed E-state index contributed by atoms with van der Waals surface area (Å²) >= 11 is 0. The zero-order chi connectivity index (χ0) is 21.5. The minimum absolute atomic E-state index is 0.0532. The maximum Gasteiger partial charge on any atom is 0.306 e. The molecule has 1 aliphatic rings. The van der Waals surface area contributed by atoms with E-state index in [4.69, 9.17) is 4.74 Å². The van der Waals surface area contributed by atoms with Gasteiger partial charge in [-0.25, -0.2) is 0 Å². The van der Waals surface area contributed by atoms with E-state index >= 15 is 0 Å². The number of ketones is 2. The van der Waals surface area contributed by atoms with Crippen LogP contribution in [0.15, 0.2) is 42.5 Å². The van der Waals surface area contributed by atoms with Crippen LogP contribution >= 0.6 is 0 Å². The molecule has 156 valence electrons. The second-order valence-electron chi connectivity index (χ2n) is 7.32. The Kier molecular flexibility index (Phi) is 7.12. The molecule has 0 heterocycles. The summed E-state index contributed by atoms with van der Waals surface area (Å²) in [6, 6.07) is 12.1. The second-order valence-corrected chi connectivity index (χ2v) is 7.32. The maximum absolute atomic E-state index is 12.3. The molecule has 1 aliphatic carbocycles. The number of hydrogen-bond acceptors (Lipinski definition) is 5. The van der Waals surface area contributed by atoms with Crippen molar-refractivity contribution in [2.45, 2.75) is 45.4 Å². The summed E-state index contributed by atoms with van der Waals surface area (Å²) in [5.74, 6) is -1.14. The van der Waals surface area contributed by atoms with Crippen LogP contribution in [0.1, 0.15) is 64.4 Å². The highest BCUT2D eigenvalue weighted by Crippen LogP contribution is 2.23. The van der Waals surface area contributed by atoms with Gasteiger partial charge in [-0.05, 0) is 60.7 Å². The summed E-state index contributed by atoms with van der Waals surface area (Å²) in [6.45, 7) is 1.37. The van der Waals surface area contributed by atoms with Crippen LogP contribution in [0.4, 0.5) is 5.69 Å². The number of ether oxygens (including phenoxy) is 1. The van der Waals surface area contributed by atoms with E-state index in [0.29, 0.717) is 23.2 Å². The Labute approximate surface area is 175 Å². The van der Waals surface area contributed by atoms with E-state index in [1.165, 1.54) is 11.1 Å². The maximum atomic E-state index is 12.3. The van der Waals surface area contributed by atoms with Crippen molar-refractivity contribution in [2.75, 3.05) is 11.9 Å². The molecule has 2 aromatic rings. The van der Waals surface area contributed by atoms with Crippen molar-refractivity contribution in [2.24, 2.45) is 0 Å². The number of nitrogens with one attached hydrogen (secondary N) is 1. The summed E-state index contributed by atoms with van der Waals surface area (Å²) in [6.07, 6.45) is 3.52. The van der Waals surface area contributed by atoms with Gasteiger partial charge in [0.05, 0.1) is 6.42 Å². The van der Waals surface area contributed by atoms with Crippen LogP contribution in [0.25, 0.3) is 0 Å². The van der Waals surface area contributed by atoms with Gasteiger partial charge in [0.1, 0.15) is 0 Å². The van der Waals surface area contributed by atoms with Gasteiger partial charge in [0, 0.05) is 29.7 Å². The van der Waals surface area contributed by atoms with Crippen molar-refractivity contribution < 1.29 is 23.9 Å². The minimum atomic E-state index is -0.579. The first-order valence-corrected chi connectivity index (χ1v) is 10.2. The third-order valence-electron chi connectivity index (χ3n) is 5.15. The van der Waals surface area contributed by atoms with Crippen LogP contribution in [0.3, 0.4) is 0 Å². The number of carbonyl (C=O) groups excluding carboxylic acids is 4. The topological polar surface area (TPSA) is 89.5 Å². The molecule has 0 saturated carbocycles. The van der Waals surface area contributed by atoms with E-state index in [1.54, 1.807) is 31.2 Å². The number of aryl methyl sites for hydroxylation is 2. The highest BCUT2D eigenvalue weighted by atomic mass is 16.5. The normalized spacial score (nSPS) is 12.2. The van der Waals surface area contributed by atoms with Gasteiger partial charge < -0.3 is 10.1 Å². The van der Waals surface area contributed by atoms with Gasteiger partial charge in [-0.3, -0.25) is 19.2 Å². The average molecular weight is 407 g/mol. The summed E-state index contributed by atoms with van der Waals surface area (Å²) in [4.78, 5) is 47.8. The third kappa shape index (κ3) is 5.63. The van der Waals surface area contributed by atoms with E-state index in [9.17, 15) is 19.2 Å². The highest BCUT2D eigenvalue weighted by molar-refractivity contribution is 6.00. The predicted octanol–water partition coefficient (Wildman–Crippen LogP) is 3.91. The van der Waals surface area contributed by atoms with Gasteiger partial charge in [0.15, 0.2) is 18.2 Å². The molecule has 0 atom stereocenters. The molecule has 3 rings (SSSR count). The number of benzene rings is 2. The molecule has 2 aromatic carbocycles. The van der Waals surface area contributed by atoms with Gasteiger partial charge in [0.25, 0.3) is 0 Å². The molecule has 0 bridgehead atoms. The first-order valence-electron chi connectivity index (χ1n) is 10.2. The van der Waals surface area contributed by atoms with Crippen molar-refractivity contribution in [3.05, 3.63) is 64.7 Å². The van der Waals surface area contributed by atoms with Crippen LogP contribution in [0.5, 0.6) is 0 Å². The Morgan fingerprint density at radius 3 is 2.30 bits per heavy atom. The van der Waals surface area contributed by atoms with Gasteiger partial charge in [-0.2, -0.15) is 0 Å². The first-order chi connectivity index (χ1) is 14.5. The SMILES string of the molecule is CCC(=O)Nc1ccc(C(=O)COC(=O)CCC(=O)c2ccc3c(c2)CCC3)cc1. The minimum Gasteiger partial charge on any atom is -0.457 e. The largest absolute Gasteiger partial charge is 0.457 e. The van der Waals surface area contributed by atoms with Gasteiger partial charge in [-0.1, -0.05) is 19.1 Å². The number of carbonyl (C=O) groups is 4. The molecule has 1 amide bonds. The predicted molar refractivity (Wildman–Crippen MR) is 113 cm³/mol. The Morgan fingerprint density at radius 2 is 1.57 bits per heavy atom. The van der Waals surface area contributed by atoms with Crippen molar-refractivity contribution in [1.82, 2.24) is 0 Å². The molecule has 0 aromatic heterocycles. The Balaban J connectivity index is 1.43.